The number of rotatable bonds is 6. The zero-order chi connectivity index (χ0) is 19.4. The van der Waals surface area contributed by atoms with E-state index in [2.05, 4.69) is 22.2 Å². The zero-order valence-corrected chi connectivity index (χ0v) is 15.6. The predicted octanol–water partition coefficient (Wildman–Crippen LogP) is 1.07. The second kappa shape index (κ2) is 8.75. The molecule has 1 aromatic rings. The van der Waals surface area contributed by atoms with Gasteiger partial charge >= 0.3 is 0 Å². The second-order valence-electron chi connectivity index (χ2n) is 7.25. The summed E-state index contributed by atoms with van der Waals surface area (Å²) in [6.07, 6.45) is 1.18. The van der Waals surface area contributed by atoms with Crippen LogP contribution in [0.5, 0.6) is 0 Å². The van der Waals surface area contributed by atoms with Gasteiger partial charge in [-0.15, -0.1) is 0 Å². The molecule has 0 aromatic heterocycles. The van der Waals surface area contributed by atoms with Gasteiger partial charge in [0.2, 0.25) is 11.8 Å². The van der Waals surface area contributed by atoms with Gasteiger partial charge < -0.3 is 20.0 Å². The van der Waals surface area contributed by atoms with Crippen LogP contribution in [-0.4, -0.2) is 74.5 Å². The van der Waals surface area contributed by atoms with Crippen LogP contribution in [0.1, 0.15) is 12.8 Å². The van der Waals surface area contributed by atoms with E-state index in [1.807, 2.05) is 0 Å². The largest absolute Gasteiger partial charge is 0.355 e. The number of amides is 2. The van der Waals surface area contributed by atoms with Crippen molar-refractivity contribution in [3.8, 4) is 0 Å². The molecule has 27 heavy (non-hydrogen) atoms. The SMILES string of the molecule is CN1CCN(CCCNC(=O)C2CCN(c3cc(F)cc(F)c3)C2=O)CC1. The maximum absolute atomic E-state index is 13.4. The molecule has 1 unspecified atom stereocenters. The Labute approximate surface area is 158 Å². The molecular weight excluding hydrogens is 354 g/mol. The van der Waals surface area contributed by atoms with Crippen LogP contribution in [0.25, 0.3) is 0 Å². The third-order valence-corrected chi connectivity index (χ3v) is 5.23. The number of nitrogens with one attached hydrogen (secondary N) is 1. The summed E-state index contributed by atoms with van der Waals surface area (Å²) >= 11 is 0. The highest BCUT2D eigenvalue weighted by atomic mass is 19.1. The fourth-order valence-corrected chi connectivity index (χ4v) is 3.58. The molecule has 2 fully saturated rings. The van der Waals surface area contributed by atoms with E-state index in [1.54, 1.807) is 0 Å². The Hall–Kier alpha value is -2.06. The van der Waals surface area contributed by atoms with Gasteiger partial charge in [0.15, 0.2) is 0 Å². The van der Waals surface area contributed by atoms with Gasteiger partial charge in [0, 0.05) is 51.0 Å². The number of carbonyl (C=O) groups excluding carboxylic acids is 2. The molecule has 2 aliphatic heterocycles. The van der Waals surface area contributed by atoms with Gasteiger partial charge in [-0.1, -0.05) is 0 Å². The summed E-state index contributed by atoms with van der Waals surface area (Å²) in [6.45, 7) is 5.89. The lowest BCUT2D eigenvalue weighted by atomic mass is 10.1. The van der Waals surface area contributed by atoms with Crippen LogP contribution in [0.2, 0.25) is 0 Å². The second-order valence-corrected chi connectivity index (χ2v) is 7.25. The summed E-state index contributed by atoms with van der Waals surface area (Å²) in [7, 11) is 2.11. The predicted molar refractivity (Wildman–Crippen MR) is 98.4 cm³/mol. The quantitative estimate of drug-likeness (QED) is 0.593. The molecule has 2 amide bonds. The number of likely N-dealkylation sites (N-methyl/N-ethyl adjacent to an activating group) is 1. The molecule has 8 heteroatoms. The average Bonchev–Trinajstić information content (AvgIpc) is 3.01. The van der Waals surface area contributed by atoms with E-state index in [-0.39, 0.29) is 18.1 Å². The van der Waals surface area contributed by atoms with Crippen LogP contribution in [0, 0.1) is 17.6 Å². The average molecular weight is 380 g/mol. The van der Waals surface area contributed by atoms with Gasteiger partial charge in [0.05, 0.1) is 0 Å². The third-order valence-electron chi connectivity index (χ3n) is 5.23. The summed E-state index contributed by atoms with van der Waals surface area (Å²) < 4.78 is 26.8. The molecule has 148 valence electrons. The first kappa shape index (κ1) is 19.7. The third kappa shape index (κ3) is 5.01. The fourth-order valence-electron chi connectivity index (χ4n) is 3.58. The van der Waals surface area contributed by atoms with Crippen molar-refractivity contribution in [3.05, 3.63) is 29.8 Å². The standard InChI is InChI=1S/C19H26F2N4O2/c1-23-7-9-24(10-8-23)5-2-4-22-18(26)17-3-6-25(19(17)27)16-12-14(20)11-15(21)13-16/h11-13,17H,2-10H2,1H3,(H,22,26). The first-order valence-corrected chi connectivity index (χ1v) is 9.40. The zero-order valence-electron chi connectivity index (χ0n) is 15.6. The minimum atomic E-state index is -0.792. The van der Waals surface area contributed by atoms with E-state index in [4.69, 9.17) is 0 Å². The monoisotopic (exact) mass is 380 g/mol. The van der Waals surface area contributed by atoms with Crippen LogP contribution in [-0.2, 0) is 9.59 Å². The summed E-state index contributed by atoms with van der Waals surface area (Å²) in [5.74, 6) is -2.99. The highest BCUT2D eigenvalue weighted by molar-refractivity contribution is 6.09. The smallest absolute Gasteiger partial charge is 0.239 e. The number of carbonyl (C=O) groups is 2. The number of nitrogens with zero attached hydrogens (tertiary/aromatic N) is 3. The number of hydrogen-bond donors (Lipinski definition) is 1. The van der Waals surface area contributed by atoms with E-state index in [0.717, 1.165) is 57.3 Å². The lowest BCUT2D eigenvalue weighted by Crippen LogP contribution is -2.45. The van der Waals surface area contributed by atoms with Crippen molar-refractivity contribution in [2.24, 2.45) is 5.92 Å². The maximum atomic E-state index is 13.4. The first-order valence-electron chi connectivity index (χ1n) is 9.40. The molecule has 2 aliphatic rings. The summed E-state index contributed by atoms with van der Waals surface area (Å²) in [4.78, 5) is 30.8. The van der Waals surface area contributed by atoms with Crippen LogP contribution >= 0.6 is 0 Å². The van der Waals surface area contributed by atoms with Gasteiger partial charge in [-0.05, 0) is 38.6 Å². The molecule has 0 aliphatic carbocycles. The highest BCUT2D eigenvalue weighted by Crippen LogP contribution is 2.26. The molecule has 3 rings (SSSR count). The van der Waals surface area contributed by atoms with Crippen LogP contribution < -0.4 is 10.2 Å². The van der Waals surface area contributed by atoms with Crippen molar-refractivity contribution >= 4 is 17.5 Å². The number of benzene rings is 1. The summed E-state index contributed by atoms with van der Waals surface area (Å²) in [6, 6.07) is 2.98. The molecule has 6 nitrogen and oxygen atoms in total. The Morgan fingerprint density at radius 2 is 1.78 bits per heavy atom. The molecule has 0 bridgehead atoms. The van der Waals surface area contributed by atoms with Gasteiger partial charge in [-0.25, -0.2) is 8.78 Å². The van der Waals surface area contributed by atoms with Crippen LogP contribution in [0.3, 0.4) is 0 Å². The van der Waals surface area contributed by atoms with Crippen LogP contribution in [0.4, 0.5) is 14.5 Å². The van der Waals surface area contributed by atoms with Crippen molar-refractivity contribution in [2.75, 3.05) is 57.8 Å². The van der Waals surface area contributed by atoms with Gasteiger partial charge in [0.1, 0.15) is 17.6 Å². The van der Waals surface area contributed by atoms with Crippen molar-refractivity contribution in [3.63, 3.8) is 0 Å². The lowest BCUT2D eigenvalue weighted by molar-refractivity contribution is -0.132. The van der Waals surface area contributed by atoms with Crippen molar-refractivity contribution in [2.45, 2.75) is 12.8 Å². The summed E-state index contributed by atoms with van der Waals surface area (Å²) in [5, 5.41) is 2.83. The van der Waals surface area contributed by atoms with E-state index in [1.165, 1.54) is 4.90 Å². The highest BCUT2D eigenvalue weighted by Gasteiger charge is 2.37. The van der Waals surface area contributed by atoms with E-state index in [0.29, 0.717) is 13.0 Å². The molecule has 2 saturated heterocycles. The minimum Gasteiger partial charge on any atom is -0.355 e. The Bertz CT molecular complexity index is 672. The Balaban J connectivity index is 1.44. The summed E-state index contributed by atoms with van der Waals surface area (Å²) in [5.41, 5.74) is 0.155. The van der Waals surface area contributed by atoms with E-state index in [9.17, 15) is 18.4 Å². The number of anilines is 1. The van der Waals surface area contributed by atoms with Crippen molar-refractivity contribution in [1.82, 2.24) is 15.1 Å². The maximum Gasteiger partial charge on any atom is 0.239 e. The van der Waals surface area contributed by atoms with Crippen LogP contribution in [0.15, 0.2) is 18.2 Å². The van der Waals surface area contributed by atoms with E-state index >= 15 is 0 Å². The topological polar surface area (TPSA) is 55.9 Å². The Morgan fingerprint density at radius 3 is 2.44 bits per heavy atom. The van der Waals surface area contributed by atoms with E-state index < -0.39 is 23.5 Å². The fraction of sp³-hybridized carbons (Fsp3) is 0.579. The Kier molecular flexibility index (Phi) is 6.38. The van der Waals surface area contributed by atoms with Gasteiger partial charge in [0.25, 0.3) is 0 Å². The first-order chi connectivity index (χ1) is 12.9. The number of piperazine rings is 1. The number of halogens is 2. The molecular formula is C19H26F2N4O2. The molecule has 0 spiro atoms. The lowest BCUT2D eigenvalue weighted by Gasteiger charge is -2.32. The molecule has 1 N–H and O–H groups in total. The number of hydrogen-bond acceptors (Lipinski definition) is 4. The molecule has 2 heterocycles. The van der Waals surface area contributed by atoms with Crippen molar-refractivity contribution in [1.29, 1.82) is 0 Å². The molecule has 0 saturated carbocycles. The molecule has 0 radical (unpaired) electrons. The molecule has 1 aromatic carbocycles. The normalized spacial score (nSPS) is 21.7. The van der Waals surface area contributed by atoms with Gasteiger partial charge in [-0.2, -0.15) is 0 Å². The minimum absolute atomic E-state index is 0.155. The Morgan fingerprint density at radius 1 is 1.11 bits per heavy atom. The molecule has 1 atom stereocenters. The van der Waals surface area contributed by atoms with Crippen molar-refractivity contribution < 1.29 is 18.4 Å². The van der Waals surface area contributed by atoms with Gasteiger partial charge in [-0.3, -0.25) is 9.59 Å².